The van der Waals surface area contributed by atoms with Gasteiger partial charge in [0.2, 0.25) is 17.6 Å². The first-order chi connectivity index (χ1) is 12.2. The maximum absolute atomic E-state index is 11.8. The minimum absolute atomic E-state index is 0.0374. The molecule has 0 fully saturated rings. The van der Waals surface area contributed by atoms with E-state index in [4.69, 9.17) is 0 Å². The van der Waals surface area contributed by atoms with Crippen LogP contribution < -0.4 is 11.1 Å². The van der Waals surface area contributed by atoms with Crippen LogP contribution in [0.1, 0.15) is 6.42 Å². The number of nitrogens with one attached hydrogen (secondary N) is 2. The summed E-state index contributed by atoms with van der Waals surface area (Å²) in [5, 5.41) is 11.4. The molecule has 0 unspecified atom stereocenters. The highest BCUT2D eigenvalue weighted by atomic mass is 32.2. The first kappa shape index (κ1) is 16.9. The number of nitrogens with zero attached hydrogens (tertiary/aromatic N) is 5. The van der Waals surface area contributed by atoms with Gasteiger partial charge in [-0.3, -0.25) is 19.0 Å². The number of carbonyl (C=O) groups is 1. The third kappa shape index (κ3) is 5.01. The van der Waals surface area contributed by atoms with Crippen LogP contribution in [0.5, 0.6) is 0 Å². The summed E-state index contributed by atoms with van der Waals surface area (Å²) in [6.45, 7) is 0.874. The van der Waals surface area contributed by atoms with E-state index in [2.05, 4.69) is 35.0 Å². The summed E-state index contributed by atoms with van der Waals surface area (Å²) in [6.07, 6.45) is 3.62. The van der Waals surface area contributed by atoms with Gasteiger partial charge in [-0.05, 0) is 12.1 Å². The van der Waals surface area contributed by atoms with E-state index in [1.54, 1.807) is 10.9 Å². The summed E-state index contributed by atoms with van der Waals surface area (Å²) in [7, 11) is 0. The van der Waals surface area contributed by atoms with Gasteiger partial charge in [0, 0.05) is 24.9 Å². The van der Waals surface area contributed by atoms with E-state index in [9.17, 15) is 9.59 Å². The Balaban J connectivity index is 1.37. The summed E-state index contributed by atoms with van der Waals surface area (Å²) >= 11 is 1.54. The normalized spacial score (nSPS) is 10.7. The molecule has 3 heterocycles. The quantitative estimate of drug-likeness (QED) is 0.548. The minimum atomic E-state index is -0.665. The first-order valence-electron chi connectivity index (χ1n) is 7.47. The van der Waals surface area contributed by atoms with Crippen molar-refractivity contribution in [3.05, 3.63) is 41.3 Å². The number of thioether (sulfide) groups is 1. The van der Waals surface area contributed by atoms with Gasteiger partial charge in [-0.2, -0.15) is 0 Å². The highest BCUT2D eigenvalue weighted by Crippen LogP contribution is 2.14. The lowest BCUT2D eigenvalue weighted by atomic mass is 10.4. The maximum atomic E-state index is 11.8. The number of hydrogen-bond acceptors (Lipinski definition) is 8. The molecule has 0 radical (unpaired) electrons. The van der Waals surface area contributed by atoms with Crippen molar-refractivity contribution in [2.45, 2.75) is 18.0 Å². The summed E-state index contributed by atoms with van der Waals surface area (Å²) in [6, 6.07) is 5.68. The average Bonchev–Trinajstić information content (AvgIpc) is 3.25. The fraction of sp³-hybridized carbons (Fsp3) is 0.286. The number of aromatic amines is 1. The topological polar surface area (TPSA) is 132 Å². The molecule has 2 N–H and O–H groups in total. The van der Waals surface area contributed by atoms with E-state index in [1.807, 2.05) is 18.2 Å². The van der Waals surface area contributed by atoms with E-state index in [-0.39, 0.29) is 17.6 Å². The van der Waals surface area contributed by atoms with Crippen molar-refractivity contribution in [3.8, 4) is 11.6 Å². The molecule has 3 rings (SSSR count). The molecule has 0 aliphatic heterocycles. The van der Waals surface area contributed by atoms with Gasteiger partial charge in [0.25, 0.3) is 0 Å². The Kier molecular flexibility index (Phi) is 5.57. The number of H-pyrrole nitrogens is 1. The molecule has 1 amide bonds. The largest absolute Gasteiger partial charge is 0.439 e. The van der Waals surface area contributed by atoms with Gasteiger partial charge in [-0.25, -0.2) is 14.8 Å². The summed E-state index contributed by atoms with van der Waals surface area (Å²) in [5.41, 5.74) is 0. The fourth-order valence-electron chi connectivity index (χ4n) is 1.92. The summed E-state index contributed by atoms with van der Waals surface area (Å²) in [5.74, 6) is 0.380. The van der Waals surface area contributed by atoms with Gasteiger partial charge < -0.3 is 5.32 Å². The van der Waals surface area contributed by atoms with Crippen molar-refractivity contribution in [3.63, 3.8) is 0 Å². The third-order valence-corrected chi connectivity index (χ3v) is 4.01. The molecule has 0 spiro atoms. The summed E-state index contributed by atoms with van der Waals surface area (Å²) in [4.78, 5) is 33.3. The predicted octanol–water partition coefficient (Wildman–Crippen LogP) is 0.315. The van der Waals surface area contributed by atoms with Crippen LogP contribution in [0, 0.1) is 0 Å². The van der Waals surface area contributed by atoms with Crippen molar-refractivity contribution >= 4 is 17.7 Å². The van der Waals surface area contributed by atoms with Crippen LogP contribution in [0.2, 0.25) is 0 Å². The number of amides is 1. The Morgan fingerprint density at radius 2 is 2.28 bits per heavy atom. The minimum Gasteiger partial charge on any atom is -0.354 e. The summed E-state index contributed by atoms with van der Waals surface area (Å²) < 4.78 is 5.94. The molecule has 0 aliphatic carbocycles. The van der Waals surface area contributed by atoms with Crippen LogP contribution in [0.25, 0.3) is 11.6 Å². The smallest absolute Gasteiger partial charge is 0.354 e. The van der Waals surface area contributed by atoms with E-state index < -0.39 is 5.76 Å². The Labute approximate surface area is 146 Å². The molecule has 0 saturated heterocycles. The molecule has 11 heteroatoms. The van der Waals surface area contributed by atoms with Crippen LogP contribution in [-0.2, 0) is 11.3 Å². The van der Waals surface area contributed by atoms with E-state index >= 15 is 0 Å². The van der Waals surface area contributed by atoms with Crippen molar-refractivity contribution < 1.29 is 9.32 Å². The zero-order valence-electron chi connectivity index (χ0n) is 13.1. The Bertz CT molecular complexity index is 874. The second-order valence-electron chi connectivity index (χ2n) is 4.89. The monoisotopic (exact) mass is 361 g/mol. The molecule has 3 aromatic rings. The first-order valence-corrected chi connectivity index (χ1v) is 8.45. The lowest BCUT2D eigenvalue weighted by molar-refractivity contribution is -0.120. The van der Waals surface area contributed by atoms with Crippen molar-refractivity contribution in [2.75, 3.05) is 12.3 Å². The standard InChI is InChI=1S/C14H15N7O3S/c22-10(4-8-25-11-3-1-2-5-16-11)15-6-7-21-9-17-12(19-21)13-18-14(23)24-20-13/h1-3,5,9H,4,6-8H2,(H,15,22)(H,18,20,23). The van der Waals surface area contributed by atoms with Crippen LogP contribution in [0.4, 0.5) is 0 Å². The lowest BCUT2D eigenvalue weighted by Crippen LogP contribution is -2.27. The fourth-order valence-corrected chi connectivity index (χ4v) is 2.72. The maximum Gasteiger partial charge on any atom is 0.439 e. The van der Waals surface area contributed by atoms with Gasteiger partial charge in [0.15, 0.2) is 0 Å². The SMILES string of the molecule is O=C(CCSc1ccccn1)NCCn1cnc(-c2noc(=O)[nH]2)n1. The number of carbonyl (C=O) groups excluding carboxylic acids is 1. The van der Waals surface area contributed by atoms with Crippen LogP contribution in [0.15, 0.2) is 45.1 Å². The van der Waals surface area contributed by atoms with Gasteiger partial charge in [-0.15, -0.1) is 16.9 Å². The van der Waals surface area contributed by atoms with Crippen LogP contribution in [-0.4, -0.2) is 48.1 Å². The second-order valence-corrected chi connectivity index (χ2v) is 6.01. The molecule has 130 valence electrons. The Morgan fingerprint density at radius 1 is 1.36 bits per heavy atom. The number of pyridine rings is 1. The zero-order chi connectivity index (χ0) is 17.5. The van der Waals surface area contributed by atoms with Gasteiger partial charge in [-0.1, -0.05) is 11.2 Å². The van der Waals surface area contributed by atoms with Crippen molar-refractivity contribution in [2.24, 2.45) is 0 Å². The molecule has 0 aliphatic rings. The van der Waals surface area contributed by atoms with Gasteiger partial charge in [0.05, 0.1) is 11.6 Å². The number of aromatic nitrogens is 6. The molecule has 10 nitrogen and oxygen atoms in total. The molecule has 0 saturated carbocycles. The highest BCUT2D eigenvalue weighted by molar-refractivity contribution is 7.99. The molecule has 3 aromatic heterocycles. The van der Waals surface area contributed by atoms with Gasteiger partial charge >= 0.3 is 5.76 Å². The Hall–Kier alpha value is -2.95. The number of hydrogen-bond donors (Lipinski definition) is 2. The molecular formula is C14H15N7O3S. The Morgan fingerprint density at radius 3 is 3.04 bits per heavy atom. The van der Waals surface area contributed by atoms with E-state index in [0.717, 1.165) is 5.03 Å². The molecular weight excluding hydrogens is 346 g/mol. The van der Waals surface area contributed by atoms with Gasteiger partial charge in [0.1, 0.15) is 6.33 Å². The highest BCUT2D eigenvalue weighted by Gasteiger charge is 2.09. The predicted molar refractivity (Wildman–Crippen MR) is 88.7 cm³/mol. The zero-order valence-corrected chi connectivity index (χ0v) is 13.9. The van der Waals surface area contributed by atoms with Crippen LogP contribution in [0.3, 0.4) is 0 Å². The molecule has 0 aromatic carbocycles. The molecule has 0 atom stereocenters. The lowest BCUT2D eigenvalue weighted by Gasteiger charge is -2.05. The molecule has 0 bridgehead atoms. The molecule has 25 heavy (non-hydrogen) atoms. The van der Waals surface area contributed by atoms with Crippen LogP contribution >= 0.6 is 11.8 Å². The van der Waals surface area contributed by atoms with E-state index in [1.165, 1.54) is 18.1 Å². The van der Waals surface area contributed by atoms with Crippen molar-refractivity contribution in [1.29, 1.82) is 0 Å². The third-order valence-electron chi connectivity index (χ3n) is 3.07. The second kappa shape index (κ2) is 8.24. The number of rotatable bonds is 8. The van der Waals surface area contributed by atoms with E-state index in [0.29, 0.717) is 25.3 Å². The van der Waals surface area contributed by atoms with Crippen molar-refractivity contribution in [1.82, 2.24) is 35.2 Å². The average molecular weight is 361 g/mol.